The molecule has 0 radical (unpaired) electrons. The SMILES string of the molecule is CC1=NNC(=O)[C@H]1[C@@H](c1cccs1)C(C#N)C#N. The standard InChI is InChI=1S/C12H10N4OS/c1-7-10(12(17)16-15-7)11(8(5-13)6-14)9-3-2-4-18-9/h2-4,8,10-11H,1H3,(H,16,17)/t10-,11-/m1/s1. The number of hydrogen-bond donors (Lipinski definition) is 1. The normalized spacial score (nSPS) is 19.9. The van der Waals surface area contributed by atoms with Crippen molar-refractivity contribution in [3.05, 3.63) is 22.4 Å². The molecule has 0 unspecified atom stereocenters. The highest BCUT2D eigenvalue weighted by Gasteiger charge is 2.41. The second-order valence-electron chi connectivity index (χ2n) is 3.98. The lowest BCUT2D eigenvalue weighted by Crippen LogP contribution is -2.31. The minimum Gasteiger partial charge on any atom is -0.272 e. The number of carbonyl (C=O) groups is 1. The number of hydrogen-bond acceptors (Lipinski definition) is 5. The molecule has 2 heterocycles. The first-order valence-corrected chi connectivity index (χ1v) is 6.23. The Morgan fingerprint density at radius 1 is 1.50 bits per heavy atom. The summed E-state index contributed by atoms with van der Waals surface area (Å²) >= 11 is 1.44. The predicted octanol–water partition coefficient (Wildman–Crippen LogP) is 1.62. The molecule has 2 atom stereocenters. The molecule has 0 bridgehead atoms. The van der Waals surface area contributed by atoms with Gasteiger partial charge < -0.3 is 0 Å². The van der Waals surface area contributed by atoms with E-state index >= 15 is 0 Å². The van der Waals surface area contributed by atoms with E-state index in [2.05, 4.69) is 10.5 Å². The van der Waals surface area contributed by atoms with Crippen LogP contribution in [0.1, 0.15) is 17.7 Å². The maximum atomic E-state index is 11.8. The van der Waals surface area contributed by atoms with E-state index in [1.807, 2.05) is 29.7 Å². The topological polar surface area (TPSA) is 89.0 Å². The minimum absolute atomic E-state index is 0.249. The number of rotatable bonds is 3. The van der Waals surface area contributed by atoms with E-state index < -0.39 is 17.8 Å². The van der Waals surface area contributed by atoms with Gasteiger partial charge in [0.1, 0.15) is 5.92 Å². The summed E-state index contributed by atoms with van der Waals surface area (Å²) in [6.45, 7) is 1.73. The molecule has 5 nitrogen and oxygen atoms in total. The molecule has 1 aromatic rings. The van der Waals surface area contributed by atoms with Gasteiger partial charge in [-0.3, -0.25) is 4.79 Å². The van der Waals surface area contributed by atoms with Crippen LogP contribution in [0.2, 0.25) is 0 Å². The quantitative estimate of drug-likeness (QED) is 0.893. The third kappa shape index (κ3) is 1.99. The number of nitrogens with zero attached hydrogens (tertiary/aromatic N) is 3. The second kappa shape index (κ2) is 4.99. The average molecular weight is 258 g/mol. The summed E-state index contributed by atoms with van der Waals surface area (Å²) in [6, 6.07) is 7.63. The number of carbonyl (C=O) groups excluding carboxylic acids is 1. The lowest BCUT2D eigenvalue weighted by molar-refractivity contribution is -0.122. The van der Waals surface area contributed by atoms with Crippen LogP contribution >= 0.6 is 11.3 Å². The van der Waals surface area contributed by atoms with Crippen LogP contribution < -0.4 is 5.43 Å². The zero-order chi connectivity index (χ0) is 13.1. The first kappa shape index (κ1) is 12.3. The Morgan fingerprint density at radius 3 is 2.67 bits per heavy atom. The van der Waals surface area contributed by atoms with Gasteiger partial charge in [-0.1, -0.05) is 6.07 Å². The number of thiophene rings is 1. The van der Waals surface area contributed by atoms with Crippen molar-refractivity contribution in [2.75, 3.05) is 0 Å². The van der Waals surface area contributed by atoms with Crippen molar-refractivity contribution in [3.63, 3.8) is 0 Å². The van der Waals surface area contributed by atoms with Gasteiger partial charge in [0.05, 0.1) is 18.1 Å². The van der Waals surface area contributed by atoms with E-state index in [4.69, 9.17) is 10.5 Å². The fourth-order valence-corrected chi connectivity index (χ4v) is 2.99. The summed E-state index contributed by atoms with van der Waals surface area (Å²) in [4.78, 5) is 12.7. The molecular formula is C12H10N4OS. The van der Waals surface area contributed by atoms with Crippen LogP contribution in [0.4, 0.5) is 0 Å². The van der Waals surface area contributed by atoms with E-state index in [0.29, 0.717) is 5.71 Å². The molecular weight excluding hydrogens is 248 g/mol. The van der Waals surface area contributed by atoms with Crippen molar-refractivity contribution in [1.29, 1.82) is 10.5 Å². The maximum Gasteiger partial charge on any atom is 0.249 e. The molecule has 0 aromatic carbocycles. The molecule has 0 aliphatic carbocycles. The first-order valence-electron chi connectivity index (χ1n) is 5.35. The Bertz CT molecular complexity index is 550. The average Bonchev–Trinajstić information content (AvgIpc) is 2.99. The summed E-state index contributed by atoms with van der Waals surface area (Å²) < 4.78 is 0. The van der Waals surface area contributed by atoms with Gasteiger partial charge in [-0.25, -0.2) is 5.43 Å². The van der Waals surface area contributed by atoms with E-state index in [0.717, 1.165) is 4.88 Å². The molecule has 1 aliphatic heterocycles. The van der Waals surface area contributed by atoms with Gasteiger partial charge in [0.2, 0.25) is 5.91 Å². The van der Waals surface area contributed by atoms with Crippen molar-refractivity contribution in [3.8, 4) is 12.1 Å². The Morgan fingerprint density at radius 2 is 2.22 bits per heavy atom. The van der Waals surface area contributed by atoms with Crippen LogP contribution in [0.3, 0.4) is 0 Å². The Labute approximate surface area is 108 Å². The maximum absolute atomic E-state index is 11.8. The van der Waals surface area contributed by atoms with Gasteiger partial charge in [0, 0.05) is 16.5 Å². The summed E-state index contributed by atoms with van der Waals surface area (Å²) in [7, 11) is 0. The Balaban J connectivity index is 2.44. The minimum atomic E-state index is -0.859. The van der Waals surface area contributed by atoms with Gasteiger partial charge in [-0.05, 0) is 18.4 Å². The molecule has 2 rings (SSSR count). The number of nitrogens with one attached hydrogen (secondary N) is 1. The molecule has 0 saturated heterocycles. The van der Waals surface area contributed by atoms with Crippen LogP contribution in [0.5, 0.6) is 0 Å². The van der Waals surface area contributed by atoms with E-state index in [1.165, 1.54) is 11.3 Å². The highest BCUT2D eigenvalue weighted by molar-refractivity contribution is 7.10. The van der Waals surface area contributed by atoms with Gasteiger partial charge in [-0.2, -0.15) is 15.6 Å². The summed E-state index contributed by atoms with van der Waals surface area (Å²) in [5, 5.41) is 23.9. The zero-order valence-electron chi connectivity index (χ0n) is 9.62. The van der Waals surface area contributed by atoms with Crippen LogP contribution in [0.15, 0.2) is 22.6 Å². The van der Waals surface area contributed by atoms with Gasteiger partial charge in [-0.15, -0.1) is 11.3 Å². The van der Waals surface area contributed by atoms with Crippen LogP contribution in [0.25, 0.3) is 0 Å². The summed E-state index contributed by atoms with van der Waals surface area (Å²) in [5.41, 5.74) is 3.02. The van der Waals surface area contributed by atoms with Gasteiger partial charge >= 0.3 is 0 Å². The molecule has 18 heavy (non-hydrogen) atoms. The number of amides is 1. The lowest BCUT2D eigenvalue weighted by Gasteiger charge is -2.21. The monoisotopic (exact) mass is 258 g/mol. The molecule has 0 saturated carbocycles. The molecule has 1 amide bonds. The molecule has 1 aliphatic rings. The Kier molecular flexibility index (Phi) is 3.40. The van der Waals surface area contributed by atoms with E-state index in [-0.39, 0.29) is 5.91 Å². The highest BCUT2D eigenvalue weighted by atomic mass is 32.1. The third-order valence-electron chi connectivity index (χ3n) is 2.94. The number of hydrazone groups is 1. The molecule has 0 fully saturated rings. The molecule has 0 spiro atoms. The highest BCUT2D eigenvalue weighted by Crippen LogP contribution is 2.37. The van der Waals surface area contributed by atoms with Gasteiger partial charge in [0.25, 0.3) is 0 Å². The smallest absolute Gasteiger partial charge is 0.249 e. The second-order valence-corrected chi connectivity index (χ2v) is 4.96. The fourth-order valence-electron chi connectivity index (χ4n) is 2.09. The van der Waals surface area contributed by atoms with Crippen molar-refractivity contribution in [2.24, 2.45) is 16.9 Å². The fraction of sp³-hybridized carbons (Fsp3) is 0.333. The molecule has 90 valence electrons. The molecule has 1 N–H and O–H groups in total. The van der Waals surface area contributed by atoms with Crippen LogP contribution in [-0.2, 0) is 4.79 Å². The van der Waals surface area contributed by atoms with Crippen LogP contribution in [-0.4, -0.2) is 11.6 Å². The molecule has 1 aromatic heterocycles. The van der Waals surface area contributed by atoms with Crippen molar-refractivity contribution < 1.29 is 4.79 Å². The summed E-state index contributed by atoms with van der Waals surface area (Å²) in [6.07, 6.45) is 0. The van der Waals surface area contributed by atoms with E-state index in [1.54, 1.807) is 6.92 Å². The van der Waals surface area contributed by atoms with Crippen LogP contribution in [0, 0.1) is 34.5 Å². The zero-order valence-corrected chi connectivity index (χ0v) is 10.4. The molecule has 6 heteroatoms. The number of nitriles is 2. The van der Waals surface area contributed by atoms with Crippen molar-refractivity contribution in [1.82, 2.24) is 5.43 Å². The van der Waals surface area contributed by atoms with Gasteiger partial charge in [0.15, 0.2) is 0 Å². The van der Waals surface area contributed by atoms with Crippen molar-refractivity contribution in [2.45, 2.75) is 12.8 Å². The third-order valence-corrected chi connectivity index (χ3v) is 3.92. The largest absolute Gasteiger partial charge is 0.272 e. The predicted molar refractivity (Wildman–Crippen MR) is 66.5 cm³/mol. The first-order chi connectivity index (χ1) is 8.69. The summed E-state index contributed by atoms with van der Waals surface area (Å²) in [5.74, 6) is -2.09. The Hall–Kier alpha value is -2.18. The van der Waals surface area contributed by atoms with E-state index in [9.17, 15) is 4.79 Å². The lowest BCUT2D eigenvalue weighted by atomic mass is 9.79. The van der Waals surface area contributed by atoms with Crippen molar-refractivity contribution >= 4 is 23.0 Å².